The molecule has 1 fully saturated rings. The van der Waals surface area contributed by atoms with Gasteiger partial charge in [0.15, 0.2) is 0 Å². The molecule has 1 nitrogen and oxygen atoms in total. The van der Waals surface area contributed by atoms with Crippen molar-refractivity contribution in [2.45, 2.75) is 25.4 Å². The van der Waals surface area contributed by atoms with Gasteiger partial charge in [-0.05, 0) is 26.3 Å². The zero-order valence-corrected chi connectivity index (χ0v) is 9.06. The maximum absolute atomic E-state index is 2.55. The minimum atomic E-state index is 0.422. The van der Waals surface area contributed by atoms with E-state index >= 15 is 0 Å². The van der Waals surface area contributed by atoms with Crippen molar-refractivity contribution in [1.29, 1.82) is 0 Å². The van der Waals surface area contributed by atoms with Crippen molar-refractivity contribution >= 4 is 15.2 Å². The van der Waals surface area contributed by atoms with E-state index in [0.717, 1.165) is 11.6 Å². The molecule has 0 bridgehead atoms. The molecular weight excluding hydrogens is 152 g/mol. The fourth-order valence-corrected chi connectivity index (χ4v) is 3.28. The Morgan fingerprint density at radius 2 is 2.18 bits per heavy atom. The van der Waals surface area contributed by atoms with Crippen LogP contribution in [0, 0.1) is 0 Å². The normalized spacial score (nSPS) is 29.6. The largest absolute Gasteiger partial charge is 0.307 e. The third-order valence-corrected chi connectivity index (χ3v) is 4.44. The van der Waals surface area contributed by atoms with E-state index in [2.05, 4.69) is 32.5 Å². The molecule has 0 amide bonds. The van der Waals surface area contributed by atoms with Gasteiger partial charge in [-0.25, -0.2) is 0 Å². The number of hydrogen-bond acceptors (Lipinski definition) is 1. The molecule has 0 aliphatic carbocycles. The predicted octanol–water partition coefficient (Wildman–Crippen LogP) is 1.59. The molecule has 0 N–H and O–H groups in total. The minimum absolute atomic E-state index is 0.422. The quantitative estimate of drug-likeness (QED) is 0.458. The fourth-order valence-electron chi connectivity index (χ4n) is 1.30. The lowest BCUT2D eigenvalue weighted by Crippen LogP contribution is -2.27. The first-order chi connectivity index (χ1) is 5.11. The van der Waals surface area contributed by atoms with Crippen molar-refractivity contribution in [2.75, 3.05) is 26.3 Å². The number of hydrogen-bond donors (Lipinski definition) is 0. The summed E-state index contributed by atoms with van der Waals surface area (Å²) in [6.45, 7) is 7.01. The molecular formula is C8H19BNP. The van der Waals surface area contributed by atoms with E-state index in [1.165, 1.54) is 19.9 Å². The third kappa shape index (κ3) is 3.13. The fraction of sp³-hybridized carbons (Fsp3) is 1.00. The molecule has 1 aliphatic rings. The molecule has 0 spiro atoms. The van der Waals surface area contributed by atoms with E-state index in [4.69, 9.17) is 0 Å². The van der Waals surface area contributed by atoms with Crippen LogP contribution in [0.25, 0.3) is 0 Å². The highest BCUT2D eigenvalue weighted by molar-refractivity contribution is 7.65. The minimum Gasteiger partial charge on any atom is -0.307 e. The second kappa shape index (κ2) is 3.91. The highest BCUT2D eigenvalue weighted by atomic mass is 31.1. The van der Waals surface area contributed by atoms with Gasteiger partial charge >= 0.3 is 0 Å². The van der Waals surface area contributed by atoms with Gasteiger partial charge < -0.3 is 4.90 Å². The van der Waals surface area contributed by atoms with Gasteiger partial charge in [0, 0.05) is 5.78 Å². The van der Waals surface area contributed by atoms with E-state index in [1.807, 2.05) is 0 Å². The van der Waals surface area contributed by atoms with Crippen LogP contribution < -0.4 is 0 Å². The van der Waals surface area contributed by atoms with Gasteiger partial charge in [-0.3, -0.25) is 0 Å². The second-order valence-electron chi connectivity index (χ2n) is 4.08. The van der Waals surface area contributed by atoms with Crippen molar-refractivity contribution < 1.29 is 0 Å². The Morgan fingerprint density at radius 1 is 1.64 bits per heavy atom. The van der Waals surface area contributed by atoms with Gasteiger partial charge in [-0.2, -0.15) is 0 Å². The zero-order valence-electron chi connectivity index (χ0n) is 8.17. The number of nitrogens with zero attached hydrogens (tertiary/aromatic N) is 1. The van der Waals surface area contributed by atoms with Gasteiger partial charge in [0.1, 0.15) is 7.28 Å². The summed E-state index contributed by atoms with van der Waals surface area (Å²) in [5.74, 6) is 1.84. The molecule has 2 atom stereocenters. The second-order valence-corrected chi connectivity index (χ2v) is 6.56. The lowest BCUT2D eigenvalue weighted by molar-refractivity contribution is 0.403. The summed E-state index contributed by atoms with van der Waals surface area (Å²) in [6, 6.07) is 0. The Morgan fingerprint density at radius 3 is 2.55 bits per heavy atom. The maximum Gasteiger partial charge on any atom is 0.140 e. The van der Waals surface area contributed by atoms with E-state index in [0.29, 0.717) is 7.92 Å². The topological polar surface area (TPSA) is 3.24 Å². The summed E-state index contributed by atoms with van der Waals surface area (Å²) in [5, 5.41) is 0. The first-order valence-electron chi connectivity index (χ1n) is 4.51. The van der Waals surface area contributed by atoms with Crippen molar-refractivity contribution in [2.24, 2.45) is 0 Å². The van der Waals surface area contributed by atoms with E-state index < -0.39 is 0 Å². The van der Waals surface area contributed by atoms with Gasteiger partial charge in [0.05, 0.1) is 0 Å². The van der Waals surface area contributed by atoms with E-state index in [9.17, 15) is 0 Å². The Balaban J connectivity index is 2.07. The molecule has 1 aliphatic heterocycles. The van der Waals surface area contributed by atoms with Crippen molar-refractivity contribution in [3.63, 3.8) is 0 Å². The number of rotatable bonds is 4. The molecule has 3 heteroatoms. The summed E-state index contributed by atoms with van der Waals surface area (Å²) in [5.41, 5.74) is 0. The molecule has 0 radical (unpaired) electrons. The molecule has 0 aromatic heterocycles. The van der Waals surface area contributed by atoms with Crippen LogP contribution in [-0.4, -0.2) is 44.3 Å². The van der Waals surface area contributed by atoms with Crippen molar-refractivity contribution in [1.82, 2.24) is 4.90 Å². The standard InChI is InChI=1S/C8H19BNP/c1-7(2)9-6-10(3)8-5-11(8)4/h7-9H,5-6H2,1-4H3. The molecule has 1 rings (SSSR count). The summed E-state index contributed by atoms with van der Waals surface area (Å²) >= 11 is 0. The SMILES string of the molecule is CC(C)BCN(C)C1CP1C. The lowest BCUT2D eigenvalue weighted by atomic mass is 9.66. The van der Waals surface area contributed by atoms with E-state index in [1.54, 1.807) is 0 Å². The van der Waals surface area contributed by atoms with Crippen LogP contribution in [0.5, 0.6) is 0 Å². The predicted molar refractivity (Wildman–Crippen MR) is 56.4 cm³/mol. The Kier molecular flexibility index (Phi) is 3.39. The van der Waals surface area contributed by atoms with Crippen LogP contribution in [0.15, 0.2) is 0 Å². The highest BCUT2D eigenvalue weighted by Gasteiger charge is 2.35. The molecule has 11 heavy (non-hydrogen) atoms. The third-order valence-electron chi connectivity index (χ3n) is 2.39. The lowest BCUT2D eigenvalue weighted by Gasteiger charge is -2.16. The average molecular weight is 171 g/mol. The van der Waals surface area contributed by atoms with Gasteiger partial charge in [-0.15, -0.1) is 0 Å². The Labute approximate surface area is 72.5 Å². The van der Waals surface area contributed by atoms with E-state index in [-0.39, 0.29) is 0 Å². The summed E-state index contributed by atoms with van der Waals surface area (Å²) in [4.78, 5) is 2.55. The molecule has 0 saturated carbocycles. The molecule has 2 unspecified atom stereocenters. The Bertz CT molecular complexity index is 129. The highest BCUT2D eigenvalue weighted by Crippen LogP contribution is 2.56. The van der Waals surface area contributed by atoms with Crippen LogP contribution in [0.3, 0.4) is 0 Å². The van der Waals surface area contributed by atoms with Crippen LogP contribution in [-0.2, 0) is 0 Å². The average Bonchev–Trinajstić information content (AvgIpc) is 2.61. The molecule has 1 saturated heterocycles. The van der Waals surface area contributed by atoms with Gasteiger partial charge in [0.25, 0.3) is 0 Å². The Hall–Kier alpha value is 0.455. The van der Waals surface area contributed by atoms with Crippen LogP contribution in [0.4, 0.5) is 0 Å². The van der Waals surface area contributed by atoms with Crippen LogP contribution in [0.1, 0.15) is 13.8 Å². The summed E-state index contributed by atoms with van der Waals surface area (Å²) < 4.78 is 0. The van der Waals surface area contributed by atoms with Gasteiger partial charge in [-0.1, -0.05) is 27.6 Å². The smallest absolute Gasteiger partial charge is 0.140 e. The van der Waals surface area contributed by atoms with Crippen molar-refractivity contribution in [3.8, 4) is 0 Å². The van der Waals surface area contributed by atoms with Crippen molar-refractivity contribution in [3.05, 3.63) is 0 Å². The summed E-state index contributed by atoms with van der Waals surface area (Å²) in [6.07, 6.45) is 2.79. The first-order valence-corrected chi connectivity index (χ1v) is 6.56. The van der Waals surface area contributed by atoms with Crippen LogP contribution in [0.2, 0.25) is 5.82 Å². The van der Waals surface area contributed by atoms with Crippen LogP contribution >= 0.6 is 7.92 Å². The zero-order chi connectivity index (χ0) is 8.43. The molecule has 1 heterocycles. The maximum atomic E-state index is 2.55. The molecule has 0 aromatic rings. The first kappa shape index (κ1) is 9.54. The molecule has 64 valence electrons. The van der Waals surface area contributed by atoms with Gasteiger partial charge in [0.2, 0.25) is 0 Å². The monoisotopic (exact) mass is 171 g/mol. The summed E-state index contributed by atoms with van der Waals surface area (Å²) in [7, 11) is 4.06. The molecule has 0 aromatic carbocycles.